The number of anilines is 2. The number of aromatic nitrogens is 2. The molecule has 1 saturated heterocycles. The van der Waals surface area contributed by atoms with Gasteiger partial charge in [0.15, 0.2) is 0 Å². The number of amides is 1. The monoisotopic (exact) mass is 333 g/mol. The van der Waals surface area contributed by atoms with Gasteiger partial charge in [-0.15, -0.1) is 0 Å². The van der Waals surface area contributed by atoms with Crippen molar-refractivity contribution in [1.29, 1.82) is 0 Å². The number of likely N-dealkylation sites (N-methyl/N-ethyl adjacent to an activating group) is 1. The number of nitrogens with zero attached hydrogens (tertiary/aromatic N) is 4. The standard InChI is InChI=1S/C16H17F2N5O/c1-22-5-7-23(8-6-22)16(24)13-9-20-14(10-19-13)21-15-11(17)3-2-4-12(15)18/h2-4,9-10H,5-8H2,1H3,(H,20,21). The van der Waals surface area contributed by atoms with Crippen LogP contribution in [0.5, 0.6) is 0 Å². The van der Waals surface area contributed by atoms with Crippen LogP contribution in [0.2, 0.25) is 0 Å². The van der Waals surface area contributed by atoms with Gasteiger partial charge in [0.25, 0.3) is 5.91 Å². The van der Waals surface area contributed by atoms with Crippen LogP contribution in [-0.4, -0.2) is 58.9 Å². The predicted molar refractivity (Wildman–Crippen MR) is 85.1 cm³/mol. The maximum atomic E-state index is 13.6. The maximum absolute atomic E-state index is 13.6. The molecule has 2 aromatic rings. The number of benzene rings is 1. The van der Waals surface area contributed by atoms with Crippen LogP contribution in [0.4, 0.5) is 20.3 Å². The molecular weight excluding hydrogens is 316 g/mol. The summed E-state index contributed by atoms with van der Waals surface area (Å²) >= 11 is 0. The van der Waals surface area contributed by atoms with E-state index in [4.69, 9.17) is 0 Å². The van der Waals surface area contributed by atoms with Gasteiger partial charge in [-0.05, 0) is 19.2 Å². The molecule has 1 aromatic carbocycles. The Morgan fingerprint density at radius 1 is 1.08 bits per heavy atom. The van der Waals surface area contributed by atoms with Crippen molar-refractivity contribution in [3.8, 4) is 0 Å². The van der Waals surface area contributed by atoms with Crippen molar-refractivity contribution in [2.75, 3.05) is 38.5 Å². The largest absolute Gasteiger partial charge is 0.335 e. The Bertz CT molecular complexity index is 709. The van der Waals surface area contributed by atoms with Crippen LogP contribution < -0.4 is 5.32 Å². The molecule has 0 atom stereocenters. The molecule has 1 aliphatic rings. The van der Waals surface area contributed by atoms with Crippen LogP contribution in [0.1, 0.15) is 10.5 Å². The van der Waals surface area contributed by atoms with Gasteiger partial charge in [-0.1, -0.05) is 6.07 Å². The fourth-order valence-electron chi connectivity index (χ4n) is 2.42. The number of para-hydroxylation sites is 1. The van der Waals surface area contributed by atoms with Crippen molar-refractivity contribution in [1.82, 2.24) is 19.8 Å². The topological polar surface area (TPSA) is 61.4 Å². The zero-order chi connectivity index (χ0) is 17.1. The minimum Gasteiger partial charge on any atom is -0.335 e. The fourth-order valence-corrected chi connectivity index (χ4v) is 2.42. The molecule has 0 aliphatic carbocycles. The van der Waals surface area contributed by atoms with Gasteiger partial charge in [-0.25, -0.2) is 18.7 Å². The number of halogens is 2. The quantitative estimate of drug-likeness (QED) is 0.929. The lowest BCUT2D eigenvalue weighted by atomic mass is 10.3. The summed E-state index contributed by atoms with van der Waals surface area (Å²) in [6, 6.07) is 3.56. The molecule has 1 N–H and O–H groups in total. The second kappa shape index (κ2) is 6.88. The van der Waals surface area contributed by atoms with Crippen LogP contribution in [-0.2, 0) is 0 Å². The molecule has 24 heavy (non-hydrogen) atoms. The van der Waals surface area contributed by atoms with E-state index in [0.717, 1.165) is 25.2 Å². The second-order valence-electron chi connectivity index (χ2n) is 5.60. The molecule has 1 aliphatic heterocycles. The Hall–Kier alpha value is -2.61. The molecule has 1 aromatic heterocycles. The third-order valence-corrected chi connectivity index (χ3v) is 3.88. The summed E-state index contributed by atoms with van der Waals surface area (Å²) in [7, 11) is 2.00. The highest BCUT2D eigenvalue weighted by Crippen LogP contribution is 2.21. The first-order valence-corrected chi connectivity index (χ1v) is 7.55. The van der Waals surface area contributed by atoms with Crippen molar-refractivity contribution in [2.45, 2.75) is 0 Å². The molecule has 6 nitrogen and oxygen atoms in total. The van der Waals surface area contributed by atoms with Crippen LogP contribution in [0.15, 0.2) is 30.6 Å². The summed E-state index contributed by atoms with van der Waals surface area (Å²) in [5.74, 6) is -1.49. The van der Waals surface area contributed by atoms with Crippen molar-refractivity contribution in [3.05, 3.63) is 47.9 Å². The van der Waals surface area contributed by atoms with Crippen molar-refractivity contribution in [3.63, 3.8) is 0 Å². The van der Waals surface area contributed by atoms with Gasteiger partial charge >= 0.3 is 0 Å². The zero-order valence-electron chi connectivity index (χ0n) is 13.2. The predicted octanol–water partition coefficient (Wildman–Crippen LogP) is 1.89. The molecule has 0 saturated carbocycles. The van der Waals surface area contributed by atoms with E-state index >= 15 is 0 Å². The lowest BCUT2D eigenvalue weighted by Gasteiger charge is -2.32. The van der Waals surface area contributed by atoms with E-state index in [1.54, 1.807) is 4.90 Å². The second-order valence-corrected chi connectivity index (χ2v) is 5.60. The van der Waals surface area contributed by atoms with E-state index in [0.29, 0.717) is 13.1 Å². The third-order valence-electron chi connectivity index (χ3n) is 3.88. The molecule has 0 bridgehead atoms. The van der Waals surface area contributed by atoms with Gasteiger partial charge in [0, 0.05) is 26.2 Å². The lowest BCUT2D eigenvalue weighted by molar-refractivity contribution is 0.0658. The van der Waals surface area contributed by atoms with Gasteiger partial charge in [-0.3, -0.25) is 4.79 Å². The Morgan fingerprint density at radius 3 is 2.33 bits per heavy atom. The summed E-state index contributed by atoms with van der Waals surface area (Å²) in [4.78, 5) is 24.3. The highest BCUT2D eigenvalue weighted by Gasteiger charge is 2.21. The average molecular weight is 333 g/mol. The summed E-state index contributed by atoms with van der Waals surface area (Å²) in [6.45, 7) is 2.89. The third kappa shape index (κ3) is 3.48. The summed E-state index contributed by atoms with van der Waals surface area (Å²) in [6.07, 6.45) is 2.59. The molecule has 8 heteroatoms. The van der Waals surface area contributed by atoms with Crippen LogP contribution in [0, 0.1) is 11.6 Å². The SMILES string of the molecule is CN1CCN(C(=O)c2cnc(Nc3c(F)cccc3F)cn2)CC1. The van der Waals surface area contributed by atoms with Crippen molar-refractivity contribution >= 4 is 17.4 Å². The van der Waals surface area contributed by atoms with E-state index in [1.165, 1.54) is 18.5 Å². The zero-order valence-corrected chi connectivity index (χ0v) is 13.2. The lowest BCUT2D eigenvalue weighted by Crippen LogP contribution is -2.47. The van der Waals surface area contributed by atoms with E-state index in [1.807, 2.05) is 7.05 Å². The number of hydrogen-bond donors (Lipinski definition) is 1. The minimum absolute atomic E-state index is 0.161. The van der Waals surface area contributed by atoms with Gasteiger partial charge < -0.3 is 15.1 Å². The van der Waals surface area contributed by atoms with Gasteiger partial charge in [0.05, 0.1) is 12.4 Å². The molecule has 0 unspecified atom stereocenters. The first-order chi connectivity index (χ1) is 11.5. The van der Waals surface area contributed by atoms with Crippen LogP contribution >= 0.6 is 0 Å². The molecule has 126 valence electrons. The normalized spacial score (nSPS) is 15.4. The number of nitrogens with one attached hydrogen (secondary N) is 1. The number of rotatable bonds is 3. The Morgan fingerprint density at radius 2 is 1.75 bits per heavy atom. The minimum atomic E-state index is -0.727. The molecule has 0 spiro atoms. The summed E-state index contributed by atoms with van der Waals surface area (Å²) in [5, 5.41) is 2.54. The number of carbonyl (C=O) groups excluding carboxylic acids is 1. The Balaban J connectivity index is 1.70. The highest BCUT2D eigenvalue weighted by molar-refractivity contribution is 5.92. The molecule has 0 radical (unpaired) electrons. The number of piperazine rings is 1. The Labute approximate surface area is 138 Å². The Kier molecular flexibility index (Phi) is 4.66. The van der Waals surface area contributed by atoms with Crippen LogP contribution in [0.25, 0.3) is 0 Å². The molecular formula is C16H17F2N5O. The first kappa shape index (κ1) is 16.3. The first-order valence-electron chi connectivity index (χ1n) is 7.55. The van der Waals surface area contributed by atoms with Crippen molar-refractivity contribution in [2.24, 2.45) is 0 Å². The molecule has 1 amide bonds. The number of carbonyl (C=O) groups is 1. The van der Waals surface area contributed by atoms with E-state index in [9.17, 15) is 13.6 Å². The fraction of sp³-hybridized carbons (Fsp3) is 0.312. The van der Waals surface area contributed by atoms with E-state index in [-0.39, 0.29) is 23.1 Å². The number of hydrogen-bond acceptors (Lipinski definition) is 5. The average Bonchev–Trinajstić information content (AvgIpc) is 2.59. The molecule has 3 rings (SSSR count). The highest BCUT2D eigenvalue weighted by atomic mass is 19.1. The van der Waals surface area contributed by atoms with Gasteiger partial charge in [0.1, 0.15) is 28.8 Å². The van der Waals surface area contributed by atoms with Gasteiger partial charge in [-0.2, -0.15) is 0 Å². The van der Waals surface area contributed by atoms with E-state index < -0.39 is 11.6 Å². The van der Waals surface area contributed by atoms with E-state index in [2.05, 4.69) is 20.2 Å². The molecule has 2 heterocycles. The maximum Gasteiger partial charge on any atom is 0.274 e. The molecule has 1 fully saturated rings. The van der Waals surface area contributed by atoms with Crippen molar-refractivity contribution < 1.29 is 13.6 Å². The summed E-state index contributed by atoms with van der Waals surface area (Å²) < 4.78 is 27.2. The summed E-state index contributed by atoms with van der Waals surface area (Å²) in [5.41, 5.74) is -0.0935. The van der Waals surface area contributed by atoms with Crippen LogP contribution in [0.3, 0.4) is 0 Å². The van der Waals surface area contributed by atoms with Gasteiger partial charge in [0.2, 0.25) is 0 Å². The smallest absolute Gasteiger partial charge is 0.274 e.